The molecule has 0 saturated heterocycles. The van der Waals surface area contributed by atoms with E-state index in [1.807, 2.05) is 23.5 Å². The van der Waals surface area contributed by atoms with Crippen LogP contribution in [-0.4, -0.2) is 0 Å². The van der Waals surface area contributed by atoms with Crippen LogP contribution in [0.4, 0.5) is 0 Å². The van der Waals surface area contributed by atoms with E-state index >= 15 is 0 Å². The number of benzene rings is 1. The van der Waals surface area contributed by atoms with Gasteiger partial charge in [0.2, 0.25) is 0 Å². The fraction of sp³-hybridized carbons (Fsp3) is 0.250. The third-order valence-electron chi connectivity index (χ3n) is 2.33. The van der Waals surface area contributed by atoms with Crippen molar-refractivity contribution in [2.24, 2.45) is 0 Å². The molecule has 0 atom stereocenters. The maximum absolute atomic E-state index is 8.84. The topological polar surface area (TPSA) is 23.8 Å². The Labute approximate surface area is 87.6 Å². The minimum Gasteiger partial charge on any atom is -0.192 e. The first kappa shape index (κ1) is 9.23. The standard InChI is InChI=1S/C12H11NS/c1-3-11-6-10-5-9(7-13)4-8(2)12(10)14-11/h4-6H,3H2,1-2H3. The fourth-order valence-corrected chi connectivity index (χ4v) is 2.67. The van der Waals surface area contributed by atoms with Gasteiger partial charge in [0.25, 0.3) is 0 Å². The lowest BCUT2D eigenvalue weighted by Crippen LogP contribution is -1.76. The van der Waals surface area contributed by atoms with Gasteiger partial charge in [-0.2, -0.15) is 5.26 Å². The lowest BCUT2D eigenvalue weighted by atomic mass is 10.1. The van der Waals surface area contributed by atoms with Gasteiger partial charge in [0.1, 0.15) is 0 Å². The Balaban J connectivity index is 2.75. The van der Waals surface area contributed by atoms with Gasteiger partial charge in [-0.05, 0) is 42.5 Å². The highest BCUT2D eigenvalue weighted by Crippen LogP contribution is 2.29. The zero-order valence-corrected chi connectivity index (χ0v) is 9.11. The number of thiophene rings is 1. The minimum atomic E-state index is 0.760. The molecule has 0 spiro atoms. The maximum Gasteiger partial charge on any atom is 0.0991 e. The monoisotopic (exact) mass is 201 g/mol. The summed E-state index contributed by atoms with van der Waals surface area (Å²) in [5.41, 5.74) is 1.97. The molecule has 70 valence electrons. The van der Waals surface area contributed by atoms with Crippen LogP contribution in [0.2, 0.25) is 0 Å². The van der Waals surface area contributed by atoms with Crippen LogP contribution in [0.1, 0.15) is 22.9 Å². The molecule has 0 aliphatic heterocycles. The molecule has 14 heavy (non-hydrogen) atoms. The number of rotatable bonds is 1. The van der Waals surface area contributed by atoms with E-state index in [2.05, 4.69) is 26.0 Å². The Morgan fingerprint density at radius 1 is 1.36 bits per heavy atom. The summed E-state index contributed by atoms with van der Waals surface area (Å²) in [6.45, 7) is 4.23. The SMILES string of the molecule is CCc1cc2cc(C#N)cc(C)c2s1. The van der Waals surface area contributed by atoms with Crippen LogP contribution in [0.15, 0.2) is 18.2 Å². The summed E-state index contributed by atoms with van der Waals surface area (Å²) in [6.07, 6.45) is 1.07. The molecule has 1 nitrogen and oxygen atoms in total. The first-order valence-corrected chi connectivity index (χ1v) is 5.49. The second-order valence-electron chi connectivity index (χ2n) is 3.39. The molecule has 2 heteroatoms. The van der Waals surface area contributed by atoms with E-state index in [1.54, 1.807) is 0 Å². The lowest BCUT2D eigenvalue weighted by Gasteiger charge is -1.95. The Hall–Kier alpha value is -1.33. The van der Waals surface area contributed by atoms with Gasteiger partial charge >= 0.3 is 0 Å². The van der Waals surface area contributed by atoms with Crippen molar-refractivity contribution in [3.63, 3.8) is 0 Å². The Kier molecular flexibility index (Phi) is 2.26. The summed E-state index contributed by atoms with van der Waals surface area (Å²) >= 11 is 1.83. The first-order valence-electron chi connectivity index (χ1n) is 4.67. The van der Waals surface area contributed by atoms with E-state index in [4.69, 9.17) is 5.26 Å². The molecule has 1 aromatic heterocycles. The van der Waals surface area contributed by atoms with Crippen molar-refractivity contribution in [2.75, 3.05) is 0 Å². The molecule has 2 rings (SSSR count). The summed E-state index contributed by atoms with van der Waals surface area (Å²) in [5, 5.41) is 10.1. The van der Waals surface area contributed by atoms with E-state index in [0.29, 0.717) is 0 Å². The van der Waals surface area contributed by atoms with E-state index in [0.717, 1.165) is 12.0 Å². The van der Waals surface area contributed by atoms with Crippen molar-refractivity contribution in [3.05, 3.63) is 34.2 Å². The van der Waals surface area contributed by atoms with Crippen LogP contribution in [0.25, 0.3) is 10.1 Å². The molecule has 0 unspecified atom stereocenters. The molecule has 2 aromatic rings. The summed E-state index contributed by atoms with van der Waals surface area (Å²) in [7, 11) is 0. The Bertz CT molecular complexity index is 517. The van der Waals surface area contributed by atoms with E-state index in [-0.39, 0.29) is 0 Å². The van der Waals surface area contributed by atoms with Crippen LogP contribution < -0.4 is 0 Å². The van der Waals surface area contributed by atoms with Crippen molar-refractivity contribution in [2.45, 2.75) is 20.3 Å². The molecule has 0 aliphatic rings. The van der Waals surface area contributed by atoms with Crippen molar-refractivity contribution >= 4 is 21.4 Å². The second-order valence-corrected chi connectivity index (χ2v) is 4.53. The average Bonchev–Trinajstić information content (AvgIpc) is 2.61. The van der Waals surface area contributed by atoms with Crippen LogP contribution in [0.3, 0.4) is 0 Å². The second kappa shape index (κ2) is 3.43. The van der Waals surface area contributed by atoms with Crippen LogP contribution in [0, 0.1) is 18.3 Å². The van der Waals surface area contributed by atoms with Crippen molar-refractivity contribution in [1.29, 1.82) is 5.26 Å². The molecular weight excluding hydrogens is 190 g/mol. The molecule has 0 bridgehead atoms. The Morgan fingerprint density at radius 3 is 2.79 bits per heavy atom. The normalized spacial score (nSPS) is 10.4. The summed E-state index contributed by atoms with van der Waals surface area (Å²) < 4.78 is 1.32. The summed E-state index contributed by atoms with van der Waals surface area (Å²) in [4.78, 5) is 1.39. The van der Waals surface area contributed by atoms with E-state index in [9.17, 15) is 0 Å². The molecule has 1 aromatic carbocycles. The molecule has 0 N–H and O–H groups in total. The molecule has 0 fully saturated rings. The van der Waals surface area contributed by atoms with Gasteiger partial charge in [-0.3, -0.25) is 0 Å². The quantitative estimate of drug-likeness (QED) is 0.691. The highest BCUT2D eigenvalue weighted by atomic mass is 32.1. The number of hydrogen-bond donors (Lipinski definition) is 0. The fourth-order valence-electron chi connectivity index (χ4n) is 1.62. The number of fused-ring (bicyclic) bond motifs is 1. The molecular formula is C12H11NS. The zero-order valence-electron chi connectivity index (χ0n) is 8.29. The third-order valence-corrected chi connectivity index (χ3v) is 3.76. The van der Waals surface area contributed by atoms with Gasteiger partial charge in [0.05, 0.1) is 11.6 Å². The van der Waals surface area contributed by atoms with Crippen molar-refractivity contribution in [3.8, 4) is 6.07 Å². The third kappa shape index (κ3) is 1.40. The predicted octanol–water partition coefficient (Wildman–Crippen LogP) is 3.64. The van der Waals surface area contributed by atoms with E-state index in [1.165, 1.54) is 20.5 Å². The van der Waals surface area contributed by atoms with Crippen LogP contribution in [0.5, 0.6) is 0 Å². The van der Waals surface area contributed by atoms with Gasteiger partial charge < -0.3 is 0 Å². The number of nitriles is 1. The largest absolute Gasteiger partial charge is 0.192 e. The van der Waals surface area contributed by atoms with Crippen LogP contribution >= 0.6 is 11.3 Å². The van der Waals surface area contributed by atoms with Gasteiger partial charge in [-0.1, -0.05) is 6.92 Å². The van der Waals surface area contributed by atoms with Gasteiger partial charge in [-0.25, -0.2) is 0 Å². The number of nitrogens with zero attached hydrogens (tertiary/aromatic N) is 1. The minimum absolute atomic E-state index is 0.760. The maximum atomic E-state index is 8.84. The van der Waals surface area contributed by atoms with Gasteiger partial charge in [-0.15, -0.1) is 11.3 Å². The molecule has 0 aliphatic carbocycles. The van der Waals surface area contributed by atoms with Crippen molar-refractivity contribution in [1.82, 2.24) is 0 Å². The summed E-state index contributed by atoms with van der Waals surface area (Å²) in [5.74, 6) is 0. The lowest BCUT2D eigenvalue weighted by molar-refractivity contribution is 1.19. The Morgan fingerprint density at radius 2 is 2.14 bits per heavy atom. The number of aryl methyl sites for hydroxylation is 2. The van der Waals surface area contributed by atoms with Gasteiger partial charge in [0.15, 0.2) is 0 Å². The molecule has 0 radical (unpaired) electrons. The van der Waals surface area contributed by atoms with Gasteiger partial charge in [0, 0.05) is 9.58 Å². The first-order chi connectivity index (χ1) is 6.74. The number of hydrogen-bond acceptors (Lipinski definition) is 2. The highest BCUT2D eigenvalue weighted by molar-refractivity contribution is 7.19. The zero-order chi connectivity index (χ0) is 10.1. The molecule has 0 amide bonds. The van der Waals surface area contributed by atoms with E-state index < -0.39 is 0 Å². The smallest absolute Gasteiger partial charge is 0.0991 e. The molecule has 1 heterocycles. The molecule has 0 saturated carbocycles. The van der Waals surface area contributed by atoms with Crippen LogP contribution in [-0.2, 0) is 6.42 Å². The summed E-state index contributed by atoms with van der Waals surface area (Å²) in [6, 6.07) is 8.31. The highest BCUT2D eigenvalue weighted by Gasteiger charge is 2.04. The average molecular weight is 201 g/mol. The van der Waals surface area contributed by atoms with Crippen molar-refractivity contribution < 1.29 is 0 Å². The predicted molar refractivity (Wildman–Crippen MR) is 60.7 cm³/mol.